The fraction of sp³-hybridized carbons (Fsp3) is 0.800. The van der Waals surface area contributed by atoms with E-state index in [1.165, 1.54) is 0 Å². The van der Waals surface area contributed by atoms with Crippen molar-refractivity contribution in [1.82, 2.24) is 0 Å². The van der Waals surface area contributed by atoms with E-state index in [0.29, 0.717) is 13.0 Å². The number of halogens is 2. The van der Waals surface area contributed by atoms with Crippen LogP contribution in [-0.2, 0) is 4.79 Å². The average molecular weight is 205 g/mol. The van der Waals surface area contributed by atoms with Crippen molar-refractivity contribution < 1.29 is 9.90 Å². The molecule has 0 amide bonds. The molecule has 0 saturated carbocycles. The first-order chi connectivity index (χ1) is 4.16. The predicted octanol–water partition coefficient (Wildman–Crippen LogP) is -0.0192. The zero-order valence-electron chi connectivity index (χ0n) is 6.03. The lowest BCUT2D eigenvalue weighted by atomic mass is 10.2. The molecule has 0 aromatic carbocycles. The molecule has 0 heterocycles. The molecule has 0 spiro atoms. The molecule has 70 valence electrons. The molecule has 0 aromatic heterocycles. The van der Waals surface area contributed by atoms with Crippen molar-refractivity contribution in [3.05, 3.63) is 0 Å². The number of rotatable bonds is 4. The van der Waals surface area contributed by atoms with Crippen LogP contribution in [0.25, 0.3) is 0 Å². The van der Waals surface area contributed by atoms with Crippen LogP contribution in [-0.4, -0.2) is 23.7 Å². The Morgan fingerprint density at radius 3 is 2.18 bits per heavy atom. The van der Waals surface area contributed by atoms with E-state index >= 15 is 0 Å². The van der Waals surface area contributed by atoms with Gasteiger partial charge in [-0.2, -0.15) is 0 Å². The second kappa shape index (κ2) is 9.97. The van der Waals surface area contributed by atoms with E-state index in [0.717, 1.165) is 0 Å². The van der Waals surface area contributed by atoms with Gasteiger partial charge in [-0.25, -0.2) is 0 Å². The number of aliphatic carboxylic acids is 1. The average Bonchev–Trinajstić information content (AvgIpc) is 1.83. The van der Waals surface area contributed by atoms with Crippen LogP contribution < -0.4 is 11.5 Å². The minimum Gasteiger partial charge on any atom is -0.481 e. The molecular weight excluding hydrogens is 191 g/mol. The van der Waals surface area contributed by atoms with Crippen LogP contribution in [0.1, 0.15) is 12.8 Å². The molecule has 0 aromatic rings. The highest BCUT2D eigenvalue weighted by atomic mass is 35.5. The highest BCUT2D eigenvalue weighted by Crippen LogP contribution is 1.91. The molecular formula is C5H14Cl2N2O2. The number of carboxylic acids is 1. The maximum Gasteiger partial charge on any atom is 0.303 e. The molecule has 4 nitrogen and oxygen atoms in total. The number of carbonyl (C=O) groups is 1. The third kappa shape index (κ3) is 13.0. The van der Waals surface area contributed by atoms with Crippen molar-refractivity contribution >= 4 is 30.8 Å². The summed E-state index contributed by atoms with van der Waals surface area (Å²) in [6.45, 7) is 0.354. The van der Waals surface area contributed by atoms with Gasteiger partial charge in [0.05, 0.1) is 0 Å². The Bertz CT molecular complexity index is 102. The van der Waals surface area contributed by atoms with E-state index in [-0.39, 0.29) is 37.3 Å². The fourth-order valence-electron chi connectivity index (χ4n) is 0.427. The van der Waals surface area contributed by atoms with Gasteiger partial charge in [0.25, 0.3) is 0 Å². The van der Waals surface area contributed by atoms with Gasteiger partial charge in [0.1, 0.15) is 0 Å². The summed E-state index contributed by atoms with van der Waals surface area (Å²) in [7, 11) is 0. The minimum absolute atomic E-state index is 0. The van der Waals surface area contributed by atoms with Crippen molar-refractivity contribution in [2.45, 2.75) is 18.9 Å². The van der Waals surface area contributed by atoms with E-state index < -0.39 is 5.97 Å². The van der Waals surface area contributed by atoms with Crippen LogP contribution in [0.3, 0.4) is 0 Å². The predicted molar refractivity (Wildman–Crippen MR) is 48.4 cm³/mol. The zero-order chi connectivity index (χ0) is 7.28. The number of carboxylic acid groups (broad SMARTS) is 1. The Morgan fingerprint density at radius 2 is 1.91 bits per heavy atom. The fourth-order valence-corrected chi connectivity index (χ4v) is 0.427. The normalized spacial score (nSPS) is 10.7. The van der Waals surface area contributed by atoms with Gasteiger partial charge in [-0.15, -0.1) is 24.8 Å². The summed E-state index contributed by atoms with van der Waals surface area (Å²) in [6, 6.07) is -0.166. The highest BCUT2D eigenvalue weighted by molar-refractivity contribution is 5.85. The summed E-state index contributed by atoms with van der Waals surface area (Å²) >= 11 is 0. The maximum atomic E-state index is 9.92. The van der Waals surface area contributed by atoms with Gasteiger partial charge in [0.2, 0.25) is 0 Å². The second-order valence-electron chi connectivity index (χ2n) is 1.93. The first-order valence-electron chi connectivity index (χ1n) is 2.84. The van der Waals surface area contributed by atoms with Crippen molar-refractivity contribution in [3.63, 3.8) is 0 Å². The number of nitrogens with two attached hydrogens (primary N) is 2. The third-order valence-corrected chi connectivity index (χ3v) is 1.03. The molecule has 0 fully saturated rings. The number of hydrogen-bond donors (Lipinski definition) is 3. The van der Waals surface area contributed by atoms with E-state index in [1.54, 1.807) is 0 Å². The topological polar surface area (TPSA) is 89.3 Å². The summed E-state index contributed by atoms with van der Waals surface area (Å²) < 4.78 is 0. The zero-order valence-corrected chi connectivity index (χ0v) is 7.66. The van der Waals surface area contributed by atoms with E-state index in [1.807, 2.05) is 0 Å². The highest BCUT2D eigenvalue weighted by Gasteiger charge is 2.01. The molecule has 0 rings (SSSR count). The van der Waals surface area contributed by atoms with Gasteiger partial charge in [-0.1, -0.05) is 0 Å². The smallest absolute Gasteiger partial charge is 0.303 e. The first-order valence-corrected chi connectivity index (χ1v) is 2.84. The van der Waals surface area contributed by atoms with E-state index in [2.05, 4.69) is 0 Å². The largest absolute Gasteiger partial charge is 0.481 e. The monoisotopic (exact) mass is 204 g/mol. The molecule has 0 bridgehead atoms. The van der Waals surface area contributed by atoms with Crippen molar-refractivity contribution in [2.24, 2.45) is 11.5 Å². The maximum absolute atomic E-state index is 9.92. The van der Waals surface area contributed by atoms with Crippen LogP contribution in [0.4, 0.5) is 0 Å². The van der Waals surface area contributed by atoms with Crippen LogP contribution in [0.2, 0.25) is 0 Å². The quantitative estimate of drug-likeness (QED) is 0.601. The van der Waals surface area contributed by atoms with Gasteiger partial charge in [0.15, 0.2) is 0 Å². The lowest BCUT2D eigenvalue weighted by Crippen LogP contribution is -2.30. The van der Waals surface area contributed by atoms with Crippen LogP contribution in [0.5, 0.6) is 0 Å². The van der Waals surface area contributed by atoms with Gasteiger partial charge in [-0.3, -0.25) is 4.79 Å². The molecule has 0 aliphatic carbocycles. The summed E-state index contributed by atoms with van der Waals surface area (Å²) in [4.78, 5) is 9.92. The van der Waals surface area contributed by atoms with Crippen molar-refractivity contribution in [3.8, 4) is 0 Å². The molecule has 11 heavy (non-hydrogen) atoms. The summed E-state index contributed by atoms with van der Waals surface area (Å²) in [6.07, 6.45) is 0.574. The Balaban J connectivity index is -0.000000320. The van der Waals surface area contributed by atoms with Gasteiger partial charge in [-0.05, 0) is 6.42 Å². The lowest BCUT2D eigenvalue weighted by molar-refractivity contribution is -0.137. The standard InChI is InChI=1S/C5H12N2O2.2ClH/c6-3-4(7)1-2-5(8)9;;/h4H,1-3,6-7H2,(H,8,9);2*1H/t4-;;/m0../s1. The third-order valence-electron chi connectivity index (χ3n) is 1.03. The summed E-state index contributed by atoms with van der Waals surface area (Å²) in [5.41, 5.74) is 10.5. The molecule has 0 saturated heterocycles. The molecule has 0 aliphatic rings. The summed E-state index contributed by atoms with van der Waals surface area (Å²) in [5.74, 6) is -0.820. The van der Waals surface area contributed by atoms with Crippen LogP contribution in [0.15, 0.2) is 0 Å². The second-order valence-corrected chi connectivity index (χ2v) is 1.93. The molecule has 5 N–H and O–H groups in total. The molecule has 0 aliphatic heterocycles. The Hall–Kier alpha value is -0.0300. The number of hydrogen-bond acceptors (Lipinski definition) is 3. The van der Waals surface area contributed by atoms with E-state index in [4.69, 9.17) is 16.6 Å². The Kier molecular flexibility index (Phi) is 15.6. The van der Waals surface area contributed by atoms with Crippen LogP contribution in [0, 0.1) is 0 Å². The van der Waals surface area contributed by atoms with Crippen LogP contribution >= 0.6 is 24.8 Å². The van der Waals surface area contributed by atoms with Crippen molar-refractivity contribution in [2.75, 3.05) is 6.54 Å². The van der Waals surface area contributed by atoms with E-state index in [9.17, 15) is 4.79 Å². The van der Waals surface area contributed by atoms with Gasteiger partial charge in [0, 0.05) is 19.0 Å². The summed E-state index contributed by atoms with van der Waals surface area (Å²) in [5, 5.41) is 8.16. The SMILES string of the molecule is Cl.Cl.NC[C@@H](N)CCC(=O)O. The molecule has 6 heteroatoms. The minimum atomic E-state index is -0.820. The Morgan fingerprint density at radius 1 is 1.45 bits per heavy atom. The lowest BCUT2D eigenvalue weighted by Gasteiger charge is -2.03. The van der Waals surface area contributed by atoms with Gasteiger partial charge >= 0.3 is 5.97 Å². The first kappa shape index (κ1) is 17.2. The van der Waals surface area contributed by atoms with Gasteiger partial charge < -0.3 is 16.6 Å². The van der Waals surface area contributed by atoms with Crippen molar-refractivity contribution in [1.29, 1.82) is 0 Å². The molecule has 0 radical (unpaired) electrons. The molecule has 1 atom stereocenters. The molecule has 0 unspecified atom stereocenters. The Labute approximate surface area is 78.1 Å².